The zero-order valence-electron chi connectivity index (χ0n) is 12.0. The van der Waals surface area contributed by atoms with E-state index < -0.39 is 0 Å². The maximum atomic E-state index is 10.9. The van der Waals surface area contributed by atoms with Gasteiger partial charge in [0.2, 0.25) is 0 Å². The minimum Gasteiger partial charge on any atom is -0.508 e. The molecular formula is C17H18O4. The number of carbonyl (C=O) groups excluding carboxylic acids is 1. The molecule has 2 aromatic carbocycles. The van der Waals surface area contributed by atoms with Crippen LogP contribution in [0.25, 0.3) is 0 Å². The first-order chi connectivity index (χ1) is 9.97. The topological polar surface area (TPSA) is 66.8 Å². The molecule has 110 valence electrons. The van der Waals surface area contributed by atoms with Gasteiger partial charge < -0.3 is 14.9 Å². The Balaban J connectivity index is 2.15. The van der Waals surface area contributed by atoms with Crippen molar-refractivity contribution in [2.45, 2.75) is 19.8 Å². The molecule has 1 unspecified atom stereocenters. The maximum absolute atomic E-state index is 10.9. The Morgan fingerprint density at radius 1 is 1.14 bits per heavy atom. The zero-order valence-corrected chi connectivity index (χ0v) is 12.0. The van der Waals surface area contributed by atoms with Gasteiger partial charge in [0, 0.05) is 17.5 Å². The Hall–Kier alpha value is -2.49. The number of Topliss-reactive ketones (excluding diaryl/α,β-unsaturated/α-hetero) is 1. The second kappa shape index (κ2) is 6.31. The number of hydrogen-bond acceptors (Lipinski definition) is 4. The number of benzene rings is 2. The van der Waals surface area contributed by atoms with Crippen LogP contribution < -0.4 is 4.74 Å². The molecule has 0 bridgehead atoms. The molecule has 0 saturated heterocycles. The third-order valence-corrected chi connectivity index (χ3v) is 3.30. The summed E-state index contributed by atoms with van der Waals surface area (Å²) >= 11 is 0. The summed E-state index contributed by atoms with van der Waals surface area (Å²) in [4.78, 5) is 10.9. The van der Waals surface area contributed by atoms with Crippen LogP contribution in [0.2, 0.25) is 0 Å². The van der Waals surface area contributed by atoms with E-state index in [1.54, 1.807) is 24.3 Å². The molecule has 0 fully saturated rings. The van der Waals surface area contributed by atoms with E-state index in [2.05, 4.69) is 0 Å². The van der Waals surface area contributed by atoms with Crippen LogP contribution in [0.3, 0.4) is 0 Å². The first kappa shape index (κ1) is 14.9. The number of phenols is 2. The van der Waals surface area contributed by atoms with Crippen LogP contribution in [0.1, 0.15) is 30.9 Å². The van der Waals surface area contributed by atoms with E-state index >= 15 is 0 Å². The molecule has 0 spiro atoms. The number of hydrogen-bond donors (Lipinski definition) is 2. The molecule has 0 aliphatic carbocycles. The van der Waals surface area contributed by atoms with Crippen LogP contribution in [0.4, 0.5) is 0 Å². The summed E-state index contributed by atoms with van der Waals surface area (Å²) in [7, 11) is 0. The normalized spacial score (nSPS) is 11.9. The molecule has 0 heterocycles. The van der Waals surface area contributed by atoms with Crippen LogP contribution in [0, 0.1) is 0 Å². The van der Waals surface area contributed by atoms with Gasteiger partial charge in [-0.15, -0.1) is 0 Å². The Morgan fingerprint density at radius 3 is 2.38 bits per heavy atom. The number of ketones is 1. The molecule has 0 amide bonds. The molecule has 0 aromatic heterocycles. The number of phenolic OH excluding ortho intramolecular Hbond substituents is 2. The highest BCUT2D eigenvalue weighted by molar-refractivity contribution is 5.77. The van der Waals surface area contributed by atoms with E-state index in [1.807, 2.05) is 19.1 Å². The Labute approximate surface area is 123 Å². The van der Waals surface area contributed by atoms with Crippen LogP contribution in [0.15, 0.2) is 42.5 Å². The SMILES string of the molecule is CC(=O)COc1ccc(C(C)c2ccc(O)cc2O)cc1. The number of aromatic hydroxyl groups is 2. The Kier molecular flexibility index (Phi) is 4.48. The van der Waals surface area contributed by atoms with Crippen molar-refractivity contribution in [2.24, 2.45) is 0 Å². The summed E-state index contributed by atoms with van der Waals surface area (Å²) in [6, 6.07) is 12.0. The van der Waals surface area contributed by atoms with Crippen molar-refractivity contribution in [2.75, 3.05) is 6.61 Å². The monoisotopic (exact) mass is 286 g/mol. The third kappa shape index (κ3) is 3.75. The summed E-state index contributed by atoms with van der Waals surface area (Å²) in [5.74, 6) is 0.695. The molecule has 2 aromatic rings. The predicted molar refractivity (Wildman–Crippen MR) is 79.9 cm³/mol. The van der Waals surface area contributed by atoms with Gasteiger partial charge >= 0.3 is 0 Å². The molecular weight excluding hydrogens is 268 g/mol. The van der Waals surface area contributed by atoms with E-state index in [4.69, 9.17) is 4.74 Å². The Morgan fingerprint density at radius 2 is 1.81 bits per heavy atom. The van der Waals surface area contributed by atoms with Gasteiger partial charge in [-0.1, -0.05) is 25.1 Å². The lowest BCUT2D eigenvalue weighted by atomic mass is 9.92. The molecule has 4 nitrogen and oxygen atoms in total. The molecule has 0 aliphatic rings. The van der Waals surface area contributed by atoms with Crippen LogP contribution in [-0.2, 0) is 4.79 Å². The van der Waals surface area contributed by atoms with E-state index in [1.165, 1.54) is 13.0 Å². The third-order valence-electron chi connectivity index (χ3n) is 3.30. The molecule has 0 aliphatic heterocycles. The lowest BCUT2D eigenvalue weighted by Gasteiger charge is -2.15. The van der Waals surface area contributed by atoms with Crippen molar-refractivity contribution < 1.29 is 19.7 Å². The number of ether oxygens (including phenoxy) is 1. The zero-order chi connectivity index (χ0) is 15.4. The summed E-state index contributed by atoms with van der Waals surface area (Å²) in [5.41, 5.74) is 1.75. The van der Waals surface area contributed by atoms with Crippen molar-refractivity contribution in [3.8, 4) is 17.2 Å². The largest absolute Gasteiger partial charge is 0.508 e. The highest BCUT2D eigenvalue weighted by Gasteiger charge is 2.13. The predicted octanol–water partition coefficient (Wildman–Crippen LogP) is 3.22. The fourth-order valence-corrected chi connectivity index (χ4v) is 2.12. The smallest absolute Gasteiger partial charge is 0.167 e. The number of carbonyl (C=O) groups is 1. The number of rotatable bonds is 5. The summed E-state index contributed by atoms with van der Waals surface area (Å²) in [6.07, 6.45) is 0. The fourth-order valence-electron chi connectivity index (χ4n) is 2.12. The molecule has 21 heavy (non-hydrogen) atoms. The lowest BCUT2D eigenvalue weighted by Crippen LogP contribution is -2.06. The van der Waals surface area contributed by atoms with E-state index in [0.29, 0.717) is 5.75 Å². The second-order valence-electron chi connectivity index (χ2n) is 5.02. The molecule has 1 atom stereocenters. The molecule has 2 rings (SSSR count). The van der Waals surface area contributed by atoms with Gasteiger partial charge in [0.1, 0.15) is 23.9 Å². The van der Waals surface area contributed by atoms with Gasteiger partial charge in [-0.2, -0.15) is 0 Å². The minimum absolute atomic E-state index is 0.0209. The lowest BCUT2D eigenvalue weighted by molar-refractivity contribution is -0.118. The van der Waals surface area contributed by atoms with Gasteiger partial charge in [-0.05, 0) is 30.7 Å². The summed E-state index contributed by atoms with van der Waals surface area (Å²) in [6.45, 7) is 3.51. The summed E-state index contributed by atoms with van der Waals surface area (Å²) < 4.78 is 5.32. The fraction of sp³-hybridized carbons (Fsp3) is 0.235. The van der Waals surface area contributed by atoms with Crippen LogP contribution in [-0.4, -0.2) is 22.6 Å². The highest BCUT2D eigenvalue weighted by Crippen LogP contribution is 2.33. The van der Waals surface area contributed by atoms with Gasteiger partial charge in [0.25, 0.3) is 0 Å². The minimum atomic E-state index is -0.0264. The average Bonchev–Trinajstić information content (AvgIpc) is 2.45. The second-order valence-corrected chi connectivity index (χ2v) is 5.02. The molecule has 4 heteroatoms. The maximum Gasteiger partial charge on any atom is 0.167 e. The van der Waals surface area contributed by atoms with Crippen molar-refractivity contribution in [1.29, 1.82) is 0 Å². The van der Waals surface area contributed by atoms with Crippen molar-refractivity contribution in [3.63, 3.8) is 0 Å². The van der Waals surface area contributed by atoms with Crippen molar-refractivity contribution in [3.05, 3.63) is 53.6 Å². The van der Waals surface area contributed by atoms with Gasteiger partial charge in [-0.3, -0.25) is 4.79 Å². The standard InChI is InChI=1S/C17H18O4/c1-11(18)10-21-15-6-3-13(4-7-15)12(2)16-8-5-14(19)9-17(16)20/h3-9,12,19-20H,10H2,1-2H3. The highest BCUT2D eigenvalue weighted by atomic mass is 16.5. The molecule has 0 saturated carbocycles. The Bertz CT molecular complexity index is 632. The quantitative estimate of drug-likeness (QED) is 0.885. The first-order valence-corrected chi connectivity index (χ1v) is 6.71. The molecule has 2 N–H and O–H groups in total. The van der Waals surface area contributed by atoms with Crippen molar-refractivity contribution in [1.82, 2.24) is 0 Å². The van der Waals surface area contributed by atoms with Crippen molar-refractivity contribution >= 4 is 5.78 Å². The van der Waals surface area contributed by atoms with Gasteiger partial charge in [0.05, 0.1) is 0 Å². The van der Waals surface area contributed by atoms with E-state index in [-0.39, 0.29) is 29.8 Å². The van der Waals surface area contributed by atoms with E-state index in [0.717, 1.165) is 11.1 Å². The van der Waals surface area contributed by atoms with Crippen LogP contribution >= 0.6 is 0 Å². The average molecular weight is 286 g/mol. The van der Waals surface area contributed by atoms with E-state index in [9.17, 15) is 15.0 Å². The molecule has 0 radical (unpaired) electrons. The van der Waals surface area contributed by atoms with Crippen LogP contribution in [0.5, 0.6) is 17.2 Å². The van der Waals surface area contributed by atoms with Gasteiger partial charge in [0.15, 0.2) is 5.78 Å². The first-order valence-electron chi connectivity index (χ1n) is 6.71. The summed E-state index contributed by atoms with van der Waals surface area (Å²) in [5, 5.41) is 19.2. The van der Waals surface area contributed by atoms with Gasteiger partial charge in [-0.25, -0.2) is 0 Å².